The van der Waals surface area contributed by atoms with Gasteiger partial charge in [-0.2, -0.15) is 0 Å². The standard InChI is InChI=1S/C5H7O2S/c1-3-4-5(2)8(6)7/h1,5,8H,2,4H2. The summed E-state index contributed by atoms with van der Waals surface area (Å²) in [5.41, 5.74) is 0. The van der Waals surface area contributed by atoms with E-state index in [4.69, 9.17) is 6.42 Å². The molecule has 2 nitrogen and oxygen atoms in total. The summed E-state index contributed by atoms with van der Waals surface area (Å²) in [4.78, 5) is 0. The van der Waals surface area contributed by atoms with Crippen molar-refractivity contribution in [2.45, 2.75) is 11.7 Å². The van der Waals surface area contributed by atoms with Crippen LogP contribution in [0.1, 0.15) is 6.42 Å². The monoisotopic (exact) mass is 131 g/mol. The van der Waals surface area contributed by atoms with Crippen molar-refractivity contribution < 1.29 is 8.42 Å². The van der Waals surface area contributed by atoms with Crippen LogP contribution in [0.4, 0.5) is 0 Å². The lowest BCUT2D eigenvalue weighted by Crippen LogP contribution is -2.01. The Labute approximate surface area is 50.9 Å². The lowest BCUT2D eigenvalue weighted by atomic mass is 10.3. The van der Waals surface area contributed by atoms with Crippen molar-refractivity contribution in [3.8, 4) is 12.3 Å². The number of terminal acetylenes is 1. The van der Waals surface area contributed by atoms with Gasteiger partial charge in [0.2, 0.25) is 0 Å². The Hall–Kier alpha value is -0.490. The molecule has 0 saturated carbocycles. The van der Waals surface area contributed by atoms with Gasteiger partial charge in [0.15, 0.2) is 0 Å². The van der Waals surface area contributed by atoms with E-state index in [9.17, 15) is 8.42 Å². The Kier molecular flexibility index (Phi) is 3.29. The first-order valence-corrected chi connectivity index (χ1v) is 3.33. The predicted molar refractivity (Wildman–Crippen MR) is 32.9 cm³/mol. The van der Waals surface area contributed by atoms with Crippen LogP contribution in [-0.2, 0) is 10.7 Å². The highest BCUT2D eigenvalue weighted by atomic mass is 32.2. The second-order valence-electron chi connectivity index (χ2n) is 1.35. The molecule has 0 amide bonds. The van der Waals surface area contributed by atoms with Crippen LogP contribution in [0.2, 0.25) is 0 Å². The summed E-state index contributed by atoms with van der Waals surface area (Å²) < 4.78 is 19.9. The smallest absolute Gasteiger partial charge is 0.143 e. The summed E-state index contributed by atoms with van der Waals surface area (Å²) >= 11 is 0. The highest BCUT2D eigenvalue weighted by Gasteiger charge is 1.98. The average molecular weight is 131 g/mol. The fourth-order valence-corrected chi connectivity index (χ4v) is 0.465. The predicted octanol–water partition coefficient (Wildman–Crippen LogP) is -0.176. The molecule has 1 unspecified atom stereocenters. The number of thiol groups is 1. The van der Waals surface area contributed by atoms with E-state index in [1.54, 1.807) is 0 Å². The fraction of sp³-hybridized carbons (Fsp3) is 0.400. The first kappa shape index (κ1) is 7.51. The molecule has 0 spiro atoms. The maximum absolute atomic E-state index is 9.97. The summed E-state index contributed by atoms with van der Waals surface area (Å²) in [6.07, 6.45) is 5.02. The van der Waals surface area contributed by atoms with Crippen molar-refractivity contribution in [1.29, 1.82) is 0 Å². The van der Waals surface area contributed by atoms with Crippen LogP contribution in [-0.4, -0.2) is 13.7 Å². The minimum atomic E-state index is -2.42. The van der Waals surface area contributed by atoms with Crippen LogP contribution in [0.3, 0.4) is 0 Å². The molecule has 0 rings (SSSR count). The van der Waals surface area contributed by atoms with Crippen molar-refractivity contribution >= 4 is 10.7 Å². The van der Waals surface area contributed by atoms with E-state index >= 15 is 0 Å². The van der Waals surface area contributed by atoms with Crippen molar-refractivity contribution in [3.05, 3.63) is 6.92 Å². The van der Waals surface area contributed by atoms with E-state index in [2.05, 4.69) is 12.8 Å². The molecule has 0 heterocycles. The minimum Gasteiger partial charge on any atom is -0.232 e. The van der Waals surface area contributed by atoms with Gasteiger partial charge in [0.05, 0.1) is 5.25 Å². The first-order valence-electron chi connectivity index (χ1n) is 2.08. The van der Waals surface area contributed by atoms with Gasteiger partial charge in [0, 0.05) is 6.42 Å². The van der Waals surface area contributed by atoms with Gasteiger partial charge in [-0.05, 0) is 6.92 Å². The lowest BCUT2D eigenvalue weighted by Gasteiger charge is -1.91. The maximum atomic E-state index is 9.97. The van der Waals surface area contributed by atoms with Crippen LogP contribution in [0.25, 0.3) is 0 Å². The Morgan fingerprint density at radius 3 is 2.38 bits per heavy atom. The second-order valence-corrected chi connectivity index (χ2v) is 2.65. The molecular weight excluding hydrogens is 124 g/mol. The summed E-state index contributed by atoms with van der Waals surface area (Å²) in [6, 6.07) is 0. The van der Waals surface area contributed by atoms with E-state index in [0.29, 0.717) is 0 Å². The van der Waals surface area contributed by atoms with Crippen LogP contribution < -0.4 is 0 Å². The van der Waals surface area contributed by atoms with E-state index in [-0.39, 0.29) is 6.42 Å². The van der Waals surface area contributed by atoms with Crippen molar-refractivity contribution in [1.82, 2.24) is 0 Å². The molecule has 0 N–H and O–H groups in total. The molecule has 0 aromatic carbocycles. The number of hydrogen-bond acceptors (Lipinski definition) is 2. The molecule has 0 fully saturated rings. The molecule has 0 aliphatic rings. The summed E-state index contributed by atoms with van der Waals surface area (Å²) in [7, 11) is -2.42. The molecule has 0 aromatic heterocycles. The van der Waals surface area contributed by atoms with Gasteiger partial charge in [-0.1, -0.05) is 0 Å². The molecule has 0 aliphatic heterocycles. The van der Waals surface area contributed by atoms with E-state index in [0.717, 1.165) is 0 Å². The Morgan fingerprint density at radius 1 is 1.75 bits per heavy atom. The molecule has 0 aromatic rings. The lowest BCUT2D eigenvalue weighted by molar-refractivity contribution is 0.608. The third-order valence-corrected chi connectivity index (χ3v) is 1.43. The minimum absolute atomic E-state index is 0.207. The largest absolute Gasteiger partial charge is 0.232 e. The van der Waals surface area contributed by atoms with E-state index in [1.165, 1.54) is 0 Å². The van der Waals surface area contributed by atoms with Crippen molar-refractivity contribution in [2.75, 3.05) is 0 Å². The van der Waals surface area contributed by atoms with Gasteiger partial charge in [-0.3, -0.25) is 0 Å². The molecule has 1 radical (unpaired) electrons. The topological polar surface area (TPSA) is 34.1 Å². The first-order chi connectivity index (χ1) is 3.68. The third kappa shape index (κ3) is 2.64. The average Bonchev–Trinajstić information content (AvgIpc) is 1.67. The summed E-state index contributed by atoms with van der Waals surface area (Å²) in [6.45, 7) is 3.29. The highest BCUT2D eigenvalue weighted by molar-refractivity contribution is 7.73. The highest BCUT2D eigenvalue weighted by Crippen LogP contribution is 1.90. The molecule has 3 heteroatoms. The van der Waals surface area contributed by atoms with Crippen molar-refractivity contribution in [2.24, 2.45) is 0 Å². The summed E-state index contributed by atoms with van der Waals surface area (Å²) in [5, 5.41) is -0.616. The van der Waals surface area contributed by atoms with Crippen LogP contribution in [0, 0.1) is 19.3 Å². The third-order valence-electron chi connectivity index (χ3n) is 0.652. The Bertz CT molecular complexity index is 156. The number of hydrogen-bond donors (Lipinski definition) is 1. The van der Waals surface area contributed by atoms with E-state index < -0.39 is 16.0 Å². The molecule has 0 aliphatic carbocycles. The van der Waals surface area contributed by atoms with Crippen LogP contribution in [0.5, 0.6) is 0 Å². The quantitative estimate of drug-likeness (QED) is 0.417. The van der Waals surface area contributed by atoms with Gasteiger partial charge in [-0.15, -0.1) is 12.3 Å². The Morgan fingerprint density at radius 2 is 2.25 bits per heavy atom. The fourth-order valence-electron chi connectivity index (χ4n) is 0.211. The molecular formula is C5H7O2S. The molecule has 8 heavy (non-hydrogen) atoms. The zero-order valence-electron chi connectivity index (χ0n) is 4.33. The molecule has 0 bridgehead atoms. The zero-order chi connectivity index (χ0) is 6.57. The summed E-state index contributed by atoms with van der Waals surface area (Å²) in [5.74, 6) is 2.20. The van der Waals surface area contributed by atoms with Crippen molar-refractivity contribution in [3.63, 3.8) is 0 Å². The van der Waals surface area contributed by atoms with Crippen LogP contribution in [0.15, 0.2) is 0 Å². The maximum Gasteiger partial charge on any atom is 0.143 e. The van der Waals surface area contributed by atoms with Gasteiger partial charge in [0.25, 0.3) is 0 Å². The van der Waals surface area contributed by atoms with Gasteiger partial charge >= 0.3 is 0 Å². The second kappa shape index (κ2) is 3.50. The Balaban J connectivity index is 3.69. The van der Waals surface area contributed by atoms with Crippen LogP contribution >= 0.6 is 0 Å². The van der Waals surface area contributed by atoms with Gasteiger partial charge in [-0.25, -0.2) is 8.42 Å². The zero-order valence-corrected chi connectivity index (χ0v) is 5.23. The number of rotatable bonds is 2. The molecule has 1 atom stereocenters. The van der Waals surface area contributed by atoms with E-state index in [1.807, 2.05) is 0 Å². The SMILES string of the molecule is C#CCC([CH2])[SH](=O)=O. The van der Waals surface area contributed by atoms with Gasteiger partial charge < -0.3 is 0 Å². The van der Waals surface area contributed by atoms with Gasteiger partial charge in [0.1, 0.15) is 10.7 Å². The molecule has 0 saturated heterocycles. The molecule has 45 valence electrons. The normalized spacial score (nSPS) is 13.1.